The smallest absolute Gasteiger partial charge is 0.226 e. The van der Waals surface area contributed by atoms with Crippen molar-refractivity contribution in [3.8, 4) is 0 Å². The van der Waals surface area contributed by atoms with Gasteiger partial charge in [0.15, 0.2) is 0 Å². The van der Waals surface area contributed by atoms with Gasteiger partial charge in [-0.1, -0.05) is 12.1 Å². The van der Waals surface area contributed by atoms with E-state index in [9.17, 15) is 9.59 Å². The molecule has 0 unspecified atom stereocenters. The van der Waals surface area contributed by atoms with Crippen LogP contribution < -0.4 is 4.90 Å². The summed E-state index contributed by atoms with van der Waals surface area (Å²) in [6.07, 6.45) is 1.08. The normalized spacial score (nSPS) is 21.4. The summed E-state index contributed by atoms with van der Waals surface area (Å²) in [5, 5.41) is 0. The summed E-state index contributed by atoms with van der Waals surface area (Å²) in [6.45, 7) is 4.62. The van der Waals surface area contributed by atoms with Crippen molar-refractivity contribution >= 4 is 17.5 Å². The first-order valence-corrected chi connectivity index (χ1v) is 8.95. The van der Waals surface area contributed by atoms with Crippen LogP contribution in [-0.2, 0) is 20.9 Å². The third kappa shape index (κ3) is 4.31. The highest BCUT2D eigenvalue weighted by Gasteiger charge is 2.30. The second-order valence-corrected chi connectivity index (χ2v) is 6.97. The third-order valence-corrected chi connectivity index (χ3v) is 5.12. The standard InChI is InChI=1S/C19H27N3O3/c1-20-8-7-16(13-18(20)23)19(24)21(2)14-15-3-5-17(6-4-15)22-9-11-25-12-10-22/h3-6,16H,7-14H2,1-2H3/t16-/m0/s1. The van der Waals surface area contributed by atoms with Gasteiger partial charge in [-0.3, -0.25) is 9.59 Å². The van der Waals surface area contributed by atoms with Crippen LogP contribution in [0.15, 0.2) is 24.3 Å². The number of likely N-dealkylation sites (tertiary alicyclic amines) is 1. The zero-order valence-electron chi connectivity index (χ0n) is 15.1. The number of amides is 2. The first-order valence-electron chi connectivity index (χ1n) is 8.95. The van der Waals surface area contributed by atoms with Crippen molar-refractivity contribution in [1.82, 2.24) is 9.80 Å². The lowest BCUT2D eigenvalue weighted by molar-refractivity contribution is -0.143. The largest absolute Gasteiger partial charge is 0.378 e. The molecule has 2 amide bonds. The molecular formula is C19H27N3O3. The Kier molecular flexibility index (Phi) is 5.58. The van der Waals surface area contributed by atoms with E-state index in [-0.39, 0.29) is 17.7 Å². The predicted molar refractivity (Wildman–Crippen MR) is 96.3 cm³/mol. The van der Waals surface area contributed by atoms with Gasteiger partial charge in [-0.2, -0.15) is 0 Å². The molecule has 2 aliphatic heterocycles. The summed E-state index contributed by atoms with van der Waals surface area (Å²) in [7, 11) is 3.61. The van der Waals surface area contributed by atoms with Crippen LogP contribution in [0, 0.1) is 5.92 Å². The first kappa shape index (κ1) is 17.7. The van der Waals surface area contributed by atoms with E-state index >= 15 is 0 Å². The number of carbonyl (C=O) groups excluding carboxylic acids is 2. The lowest BCUT2D eigenvalue weighted by Gasteiger charge is -2.31. The molecule has 1 aromatic rings. The van der Waals surface area contributed by atoms with E-state index < -0.39 is 0 Å². The number of hydrogen-bond acceptors (Lipinski definition) is 4. The molecule has 2 heterocycles. The van der Waals surface area contributed by atoms with E-state index in [0.29, 0.717) is 19.5 Å². The average Bonchev–Trinajstić information content (AvgIpc) is 2.64. The highest BCUT2D eigenvalue weighted by molar-refractivity contribution is 5.86. The molecule has 2 fully saturated rings. The summed E-state index contributed by atoms with van der Waals surface area (Å²) >= 11 is 0. The highest BCUT2D eigenvalue weighted by Crippen LogP contribution is 2.21. The van der Waals surface area contributed by atoms with Crippen molar-refractivity contribution in [2.75, 3.05) is 51.8 Å². The minimum Gasteiger partial charge on any atom is -0.378 e. The van der Waals surface area contributed by atoms with Gasteiger partial charge in [0, 0.05) is 58.3 Å². The molecule has 6 heteroatoms. The second-order valence-electron chi connectivity index (χ2n) is 6.97. The Labute approximate surface area is 149 Å². The van der Waals surface area contributed by atoms with Gasteiger partial charge >= 0.3 is 0 Å². The van der Waals surface area contributed by atoms with E-state index in [0.717, 1.165) is 38.3 Å². The van der Waals surface area contributed by atoms with Crippen molar-refractivity contribution in [1.29, 1.82) is 0 Å². The number of benzene rings is 1. The van der Waals surface area contributed by atoms with Crippen LogP contribution in [0.2, 0.25) is 0 Å². The van der Waals surface area contributed by atoms with Crippen LogP contribution in [0.5, 0.6) is 0 Å². The van der Waals surface area contributed by atoms with Gasteiger partial charge in [-0.05, 0) is 24.1 Å². The number of hydrogen-bond donors (Lipinski definition) is 0. The number of ether oxygens (including phenoxy) is 1. The van der Waals surface area contributed by atoms with Crippen molar-refractivity contribution in [2.45, 2.75) is 19.4 Å². The van der Waals surface area contributed by atoms with Gasteiger partial charge in [0.1, 0.15) is 0 Å². The van der Waals surface area contributed by atoms with E-state index in [1.807, 2.05) is 7.05 Å². The summed E-state index contributed by atoms with van der Waals surface area (Å²) in [5.74, 6) is -0.0482. The summed E-state index contributed by atoms with van der Waals surface area (Å²) < 4.78 is 5.38. The van der Waals surface area contributed by atoms with E-state index in [1.54, 1.807) is 16.8 Å². The molecule has 0 aliphatic carbocycles. The lowest BCUT2D eigenvalue weighted by atomic mass is 9.95. The number of nitrogens with zero attached hydrogens (tertiary/aromatic N) is 3. The number of anilines is 1. The van der Waals surface area contributed by atoms with Gasteiger partial charge in [0.05, 0.1) is 13.2 Å². The maximum Gasteiger partial charge on any atom is 0.226 e. The molecule has 0 saturated carbocycles. The van der Waals surface area contributed by atoms with E-state index in [2.05, 4.69) is 29.2 Å². The van der Waals surface area contributed by atoms with Crippen LogP contribution in [0.25, 0.3) is 0 Å². The molecule has 1 aromatic carbocycles. The van der Waals surface area contributed by atoms with Crippen molar-refractivity contribution in [3.05, 3.63) is 29.8 Å². The Balaban J connectivity index is 1.56. The van der Waals surface area contributed by atoms with Crippen LogP contribution in [0.4, 0.5) is 5.69 Å². The average molecular weight is 345 g/mol. The van der Waals surface area contributed by atoms with Crippen molar-refractivity contribution in [3.63, 3.8) is 0 Å². The van der Waals surface area contributed by atoms with E-state index in [1.165, 1.54) is 5.69 Å². The second kappa shape index (κ2) is 7.87. The van der Waals surface area contributed by atoms with Crippen molar-refractivity contribution < 1.29 is 14.3 Å². The fourth-order valence-corrected chi connectivity index (χ4v) is 3.45. The fraction of sp³-hybridized carbons (Fsp3) is 0.579. The van der Waals surface area contributed by atoms with Crippen LogP contribution in [0.3, 0.4) is 0 Å². The molecule has 0 radical (unpaired) electrons. The van der Waals surface area contributed by atoms with Gasteiger partial charge in [-0.15, -0.1) is 0 Å². The number of morpholine rings is 1. The maximum atomic E-state index is 12.6. The fourth-order valence-electron chi connectivity index (χ4n) is 3.45. The Morgan fingerprint density at radius 2 is 1.88 bits per heavy atom. The molecule has 6 nitrogen and oxygen atoms in total. The SMILES string of the molecule is CN1CC[C@H](C(=O)N(C)Cc2ccc(N3CCOCC3)cc2)CC1=O. The monoisotopic (exact) mass is 345 g/mol. The highest BCUT2D eigenvalue weighted by atomic mass is 16.5. The Morgan fingerprint density at radius 1 is 1.20 bits per heavy atom. The number of piperidine rings is 1. The molecule has 0 bridgehead atoms. The Bertz CT molecular complexity index is 611. The topological polar surface area (TPSA) is 53.1 Å². The minimum atomic E-state index is -0.179. The van der Waals surface area contributed by atoms with Gasteiger partial charge in [0.2, 0.25) is 11.8 Å². The molecule has 3 rings (SSSR count). The first-order chi connectivity index (χ1) is 12.0. The molecule has 136 valence electrons. The minimum absolute atomic E-state index is 0.0628. The summed E-state index contributed by atoms with van der Waals surface area (Å²) in [5.41, 5.74) is 2.30. The van der Waals surface area contributed by atoms with Gasteiger partial charge < -0.3 is 19.4 Å². The predicted octanol–water partition coefficient (Wildman–Crippen LogP) is 1.35. The molecule has 0 spiro atoms. The lowest BCUT2D eigenvalue weighted by Crippen LogP contribution is -2.42. The van der Waals surface area contributed by atoms with Gasteiger partial charge in [-0.25, -0.2) is 0 Å². The maximum absolute atomic E-state index is 12.6. The quantitative estimate of drug-likeness (QED) is 0.827. The van der Waals surface area contributed by atoms with Crippen LogP contribution in [0.1, 0.15) is 18.4 Å². The zero-order valence-corrected chi connectivity index (χ0v) is 15.1. The summed E-state index contributed by atoms with van der Waals surface area (Å²) in [6, 6.07) is 8.37. The molecule has 0 aromatic heterocycles. The Morgan fingerprint density at radius 3 is 2.52 bits per heavy atom. The molecule has 2 saturated heterocycles. The summed E-state index contributed by atoms with van der Waals surface area (Å²) in [4.78, 5) is 30.2. The molecular weight excluding hydrogens is 318 g/mol. The molecule has 1 atom stereocenters. The van der Waals surface area contributed by atoms with Crippen LogP contribution >= 0.6 is 0 Å². The molecule has 0 N–H and O–H groups in total. The van der Waals surface area contributed by atoms with Crippen LogP contribution in [-0.4, -0.2) is 68.6 Å². The third-order valence-electron chi connectivity index (χ3n) is 5.12. The number of carbonyl (C=O) groups is 2. The zero-order chi connectivity index (χ0) is 17.8. The van der Waals surface area contributed by atoms with Crippen molar-refractivity contribution in [2.24, 2.45) is 5.92 Å². The van der Waals surface area contributed by atoms with E-state index in [4.69, 9.17) is 4.74 Å². The molecule has 2 aliphatic rings. The number of rotatable bonds is 4. The molecule has 25 heavy (non-hydrogen) atoms. The Hall–Kier alpha value is -2.08. The van der Waals surface area contributed by atoms with Gasteiger partial charge in [0.25, 0.3) is 0 Å².